The highest BCUT2D eigenvalue weighted by Crippen LogP contribution is 2.31. The molecule has 0 fully saturated rings. The van der Waals surface area contributed by atoms with Crippen LogP contribution < -0.4 is 0 Å². The van der Waals surface area contributed by atoms with Crippen LogP contribution in [0.25, 0.3) is 0 Å². The van der Waals surface area contributed by atoms with Gasteiger partial charge >= 0.3 is 12.1 Å². The van der Waals surface area contributed by atoms with Crippen LogP contribution in [-0.2, 0) is 15.7 Å². The molecule has 8 heteroatoms. The van der Waals surface area contributed by atoms with Crippen LogP contribution in [0, 0.1) is 22.7 Å². The molecule has 1 heterocycles. The van der Waals surface area contributed by atoms with E-state index < -0.39 is 34.9 Å². The van der Waals surface area contributed by atoms with Gasteiger partial charge in [-0.3, -0.25) is 4.79 Å². The van der Waals surface area contributed by atoms with Crippen LogP contribution in [0.5, 0.6) is 0 Å². The maximum absolute atomic E-state index is 12.6. The second-order valence-corrected chi connectivity index (χ2v) is 3.59. The molecule has 0 bridgehead atoms. The number of hydrogen-bond donors (Lipinski definition) is 0. The van der Waals surface area contributed by atoms with Crippen molar-refractivity contribution in [3.8, 4) is 12.1 Å². The maximum Gasteiger partial charge on any atom is 0.417 e. The van der Waals surface area contributed by atoms with Crippen molar-refractivity contribution in [1.29, 1.82) is 10.5 Å². The molecule has 0 aliphatic rings. The van der Waals surface area contributed by atoms with E-state index in [-0.39, 0.29) is 6.61 Å². The topological polar surface area (TPSA) is 86.8 Å². The van der Waals surface area contributed by atoms with Gasteiger partial charge in [-0.2, -0.15) is 23.7 Å². The Morgan fingerprint density at radius 3 is 2.60 bits per heavy atom. The number of hydrogen-bond acceptors (Lipinski definition) is 5. The quantitative estimate of drug-likeness (QED) is 0.793. The molecule has 0 saturated heterocycles. The Bertz CT molecular complexity index is 599. The molecule has 1 unspecified atom stereocenters. The zero-order chi connectivity index (χ0) is 15.3. The van der Waals surface area contributed by atoms with Crippen LogP contribution in [0.1, 0.15) is 29.7 Å². The molecule has 1 atom stereocenters. The van der Waals surface area contributed by atoms with Gasteiger partial charge in [0.25, 0.3) is 0 Å². The predicted molar refractivity (Wildman–Crippen MR) is 58.9 cm³/mol. The second kappa shape index (κ2) is 6.02. The second-order valence-electron chi connectivity index (χ2n) is 3.59. The smallest absolute Gasteiger partial charge is 0.417 e. The van der Waals surface area contributed by atoms with Crippen LogP contribution in [0.15, 0.2) is 12.3 Å². The van der Waals surface area contributed by atoms with Crippen molar-refractivity contribution in [3.63, 3.8) is 0 Å². The Morgan fingerprint density at radius 2 is 2.15 bits per heavy atom. The third kappa shape index (κ3) is 3.23. The molecule has 0 aliphatic heterocycles. The summed E-state index contributed by atoms with van der Waals surface area (Å²) >= 11 is 0. The van der Waals surface area contributed by atoms with E-state index in [0.29, 0.717) is 12.3 Å². The fraction of sp³-hybridized carbons (Fsp3) is 0.333. The first kappa shape index (κ1) is 15.4. The molecule has 0 radical (unpaired) electrons. The first-order chi connectivity index (χ1) is 9.35. The minimum absolute atomic E-state index is 0.0364. The summed E-state index contributed by atoms with van der Waals surface area (Å²) in [6.07, 6.45) is -4.22. The zero-order valence-corrected chi connectivity index (χ0v) is 10.2. The fourth-order valence-electron chi connectivity index (χ4n) is 1.43. The summed E-state index contributed by atoms with van der Waals surface area (Å²) in [5.41, 5.74) is -1.98. The first-order valence-corrected chi connectivity index (χ1v) is 5.38. The third-order valence-electron chi connectivity index (χ3n) is 2.31. The molecular weight excluding hydrogens is 275 g/mol. The van der Waals surface area contributed by atoms with E-state index in [1.54, 1.807) is 6.07 Å². The number of alkyl halides is 3. The molecule has 1 aromatic heterocycles. The number of esters is 1. The van der Waals surface area contributed by atoms with Gasteiger partial charge in [0, 0.05) is 11.8 Å². The van der Waals surface area contributed by atoms with Gasteiger partial charge in [0.2, 0.25) is 0 Å². The Balaban J connectivity index is 3.37. The lowest BCUT2D eigenvalue weighted by Gasteiger charge is -2.12. The average Bonchev–Trinajstić information content (AvgIpc) is 2.38. The lowest BCUT2D eigenvalue weighted by molar-refractivity contribution is -0.144. The average molecular weight is 283 g/mol. The molecular formula is C12H8F3N3O2. The Hall–Kier alpha value is -2.61. The van der Waals surface area contributed by atoms with E-state index in [2.05, 4.69) is 9.72 Å². The summed E-state index contributed by atoms with van der Waals surface area (Å²) in [5.74, 6) is -2.65. The van der Waals surface area contributed by atoms with Crippen molar-refractivity contribution in [1.82, 2.24) is 4.98 Å². The number of nitrogens with zero attached hydrogens (tertiary/aromatic N) is 3. The molecule has 0 spiro atoms. The van der Waals surface area contributed by atoms with Gasteiger partial charge < -0.3 is 4.74 Å². The van der Waals surface area contributed by atoms with Crippen molar-refractivity contribution in [2.75, 3.05) is 6.61 Å². The predicted octanol–water partition coefficient (Wildman–Crippen LogP) is 2.14. The summed E-state index contributed by atoms with van der Waals surface area (Å²) in [5, 5.41) is 17.7. The van der Waals surface area contributed by atoms with E-state index in [1.165, 1.54) is 13.0 Å². The molecule has 0 N–H and O–H groups in total. The minimum Gasteiger partial charge on any atom is -0.465 e. The van der Waals surface area contributed by atoms with E-state index in [0.717, 1.165) is 0 Å². The van der Waals surface area contributed by atoms with Crippen molar-refractivity contribution in [3.05, 3.63) is 29.1 Å². The Morgan fingerprint density at radius 1 is 1.50 bits per heavy atom. The molecule has 104 valence electrons. The third-order valence-corrected chi connectivity index (χ3v) is 2.31. The zero-order valence-electron chi connectivity index (χ0n) is 10.2. The van der Waals surface area contributed by atoms with Crippen molar-refractivity contribution < 1.29 is 22.7 Å². The molecule has 5 nitrogen and oxygen atoms in total. The molecule has 0 saturated carbocycles. The highest BCUT2D eigenvalue weighted by molar-refractivity contribution is 5.82. The number of pyridine rings is 1. The number of rotatable bonds is 3. The Labute approximate surface area is 112 Å². The van der Waals surface area contributed by atoms with Crippen LogP contribution in [-0.4, -0.2) is 17.6 Å². The van der Waals surface area contributed by atoms with Crippen molar-refractivity contribution in [2.45, 2.75) is 19.0 Å². The molecule has 0 aromatic carbocycles. The number of ether oxygens (including phenoxy) is 1. The standard InChI is InChI=1S/C12H8F3N3O2/c1-2-20-11(19)9(4-16)8-3-7(12(13,14)15)6-18-10(8)5-17/h3,6,9H,2H2,1H3. The van der Waals surface area contributed by atoms with Crippen molar-refractivity contribution >= 4 is 5.97 Å². The van der Waals surface area contributed by atoms with Crippen LogP contribution >= 0.6 is 0 Å². The van der Waals surface area contributed by atoms with Gasteiger partial charge in [0.05, 0.1) is 18.2 Å². The van der Waals surface area contributed by atoms with E-state index >= 15 is 0 Å². The minimum atomic E-state index is -4.69. The number of aromatic nitrogens is 1. The van der Waals surface area contributed by atoms with E-state index in [1.807, 2.05) is 0 Å². The van der Waals surface area contributed by atoms with Gasteiger partial charge in [-0.05, 0) is 13.0 Å². The molecule has 0 amide bonds. The molecule has 20 heavy (non-hydrogen) atoms. The largest absolute Gasteiger partial charge is 0.465 e. The number of carbonyl (C=O) groups is 1. The monoisotopic (exact) mass is 283 g/mol. The highest BCUT2D eigenvalue weighted by Gasteiger charge is 2.34. The molecule has 0 aliphatic carbocycles. The maximum atomic E-state index is 12.6. The summed E-state index contributed by atoms with van der Waals surface area (Å²) in [6.45, 7) is 1.45. The van der Waals surface area contributed by atoms with Gasteiger partial charge in [-0.15, -0.1) is 0 Å². The number of halogens is 3. The molecule has 1 rings (SSSR count). The van der Waals surface area contributed by atoms with E-state index in [9.17, 15) is 18.0 Å². The summed E-state index contributed by atoms with van der Waals surface area (Å²) < 4.78 is 42.4. The SMILES string of the molecule is CCOC(=O)C(C#N)c1cc(C(F)(F)F)cnc1C#N. The fourth-order valence-corrected chi connectivity index (χ4v) is 1.43. The van der Waals surface area contributed by atoms with Crippen molar-refractivity contribution in [2.24, 2.45) is 0 Å². The van der Waals surface area contributed by atoms with Crippen LogP contribution in [0.4, 0.5) is 13.2 Å². The first-order valence-electron chi connectivity index (χ1n) is 5.38. The van der Waals surface area contributed by atoms with Crippen LogP contribution in [0.3, 0.4) is 0 Å². The lowest BCUT2D eigenvalue weighted by atomic mass is 9.97. The lowest BCUT2D eigenvalue weighted by Crippen LogP contribution is -2.17. The van der Waals surface area contributed by atoms with Gasteiger partial charge in [0.15, 0.2) is 5.92 Å². The Kier molecular flexibility index (Phi) is 4.65. The van der Waals surface area contributed by atoms with Gasteiger partial charge in [-0.1, -0.05) is 0 Å². The van der Waals surface area contributed by atoms with E-state index in [4.69, 9.17) is 10.5 Å². The van der Waals surface area contributed by atoms with Gasteiger partial charge in [-0.25, -0.2) is 4.98 Å². The normalized spacial score (nSPS) is 12.1. The summed E-state index contributed by atoms with van der Waals surface area (Å²) in [6, 6.07) is 3.64. The summed E-state index contributed by atoms with van der Waals surface area (Å²) in [7, 11) is 0. The molecule has 1 aromatic rings. The number of carbonyl (C=O) groups excluding carboxylic acids is 1. The highest BCUT2D eigenvalue weighted by atomic mass is 19.4. The van der Waals surface area contributed by atoms with Gasteiger partial charge in [0.1, 0.15) is 11.8 Å². The number of nitriles is 2. The van der Waals surface area contributed by atoms with Crippen LogP contribution in [0.2, 0.25) is 0 Å². The summed E-state index contributed by atoms with van der Waals surface area (Å²) in [4.78, 5) is 14.9.